The summed E-state index contributed by atoms with van der Waals surface area (Å²) in [6, 6.07) is 15.4. The van der Waals surface area contributed by atoms with Gasteiger partial charge < -0.3 is 20.4 Å². The second-order valence-electron chi connectivity index (χ2n) is 7.63. The number of hydrogen-bond donors (Lipinski definition) is 2. The Hall–Kier alpha value is -3.28. The van der Waals surface area contributed by atoms with Crippen LogP contribution in [0.15, 0.2) is 54.1 Å². The number of nitrogens with one attached hydrogen (secondary N) is 2. The highest BCUT2D eigenvalue weighted by molar-refractivity contribution is 6.15. The molecule has 2 aromatic carbocycles. The van der Waals surface area contributed by atoms with Crippen molar-refractivity contribution in [3.05, 3.63) is 65.2 Å². The maximum absolute atomic E-state index is 12.8. The molecule has 2 N–H and O–H groups in total. The number of carbonyl (C=O) groups excluding carboxylic acids is 2. The monoisotopic (exact) mass is 376 g/mol. The van der Waals surface area contributed by atoms with Gasteiger partial charge in [-0.25, -0.2) is 0 Å². The lowest BCUT2D eigenvalue weighted by Gasteiger charge is -2.18. The fourth-order valence-corrected chi connectivity index (χ4v) is 3.84. The van der Waals surface area contributed by atoms with E-state index in [0.717, 1.165) is 22.5 Å². The van der Waals surface area contributed by atoms with Crippen LogP contribution in [-0.2, 0) is 9.59 Å². The average Bonchev–Trinajstić information content (AvgIpc) is 3.20. The number of hydrogen-bond acceptors (Lipinski definition) is 4. The first-order valence-electron chi connectivity index (χ1n) is 9.28. The third-order valence-electron chi connectivity index (χ3n) is 5.42. The molecule has 4 rings (SSSR count). The molecule has 2 heterocycles. The Morgan fingerprint density at radius 1 is 0.786 bits per heavy atom. The summed E-state index contributed by atoms with van der Waals surface area (Å²) < 4.78 is 0. The van der Waals surface area contributed by atoms with Crippen molar-refractivity contribution >= 4 is 28.9 Å². The summed E-state index contributed by atoms with van der Waals surface area (Å²) in [5.74, 6) is -0.834. The highest BCUT2D eigenvalue weighted by Crippen LogP contribution is 2.42. The lowest BCUT2D eigenvalue weighted by Crippen LogP contribution is -2.29. The van der Waals surface area contributed by atoms with Gasteiger partial charge in [0.1, 0.15) is 0 Å². The number of anilines is 2. The third kappa shape index (κ3) is 2.91. The minimum atomic E-state index is -0.513. The molecule has 0 spiro atoms. The van der Waals surface area contributed by atoms with E-state index in [1.165, 1.54) is 0 Å². The molecule has 0 bridgehead atoms. The molecular formula is C22H24N4O2. The molecule has 2 atom stereocenters. The zero-order chi connectivity index (χ0) is 20.0. The van der Waals surface area contributed by atoms with Crippen molar-refractivity contribution in [2.45, 2.75) is 6.04 Å². The summed E-state index contributed by atoms with van der Waals surface area (Å²) in [7, 11) is 7.90. The molecule has 2 unspecified atom stereocenters. The van der Waals surface area contributed by atoms with Crippen LogP contribution < -0.4 is 20.4 Å². The molecule has 0 aromatic heterocycles. The first kappa shape index (κ1) is 18.1. The molecule has 1 fully saturated rings. The van der Waals surface area contributed by atoms with Gasteiger partial charge in [-0.15, -0.1) is 0 Å². The Morgan fingerprint density at radius 2 is 1.32 bits per heavy atom. The summed E-state index contributed by atoms with van der Waals surface area (Å²) in [5, 5.41) is 5.94. The van der Waals surface area contributed by atoms with Crippen molar-refractivity contribution in [3.8, 4) is 0 Å². The quantitative estimate of drug-likeness (QED) is 0.858. The van der Waals surface area contributed by atoms with Crippen LogP contribution in [0.2, 0.25) is 0 Å². The fourth-order valence-electron chi connectivity index (χ4n) is 3.84. The second kappa shape index (κ2) is 6.71. The number of amides is 2. The summed E-state index contributed by atoms with van der Waals surface area (Å²) in [5.41, 5.74) is 5.05. The van der Waals surface area contributed by atoms with E-state index in [2.05, 4.69) is 10.6 Å². The molecule has 1 saturated heterocycles. The zero-order valence-electron chi connectivity index (χ0n) is 16.5. The Labute approximate surface area is 164 Å². The van der Waals surface area contributed by atoms with Crippen LogP contribution in [0.3, 0.4) is 0 Å². The molecule has 2 aromatic rings. The van der Waals surface area contributed by atoms with Gasteiger partial charge in [-0.1, -0.05) is 24.3 Å². The highest BCUT2D eigenvalue weighted by Gasteiger charge is 2.49. The highest BCUT2D eigenvalue weighted by atomic mass is 16.2. The van der Waals surface area contributed by atoms with Gasteiger partial charge in [0.2, 0.25) is 5.91 Å². The predicted octanol–water partition coefficient (Wildman–Crippen LogP) is 2.15. The summed E-state index contributed by atoms with van der Waals surface area (Å²) in [4.78, 5) is 29.5. The molecule has 6 heteroatoms. The van der Waals surface area contributed by atoms with Gasteiger partial charge >= 0.3 is 0 Å². The predicted molar refractivity (Wildman–Crippen MR) is 111 cm³/mol. The lowest BCUT2D eigenvalue weighted by atomic mass is 9.91. The minimum Gasteiger partial charge on any atom is -0.378 e. The van der Waals surface area contributed by atoms with Gasteiger partial charge in [0, 0.05) is 39.6 Å². The van der Waals surface area contributed by atoms with Crippen molar-refractivity contribution in [2.24, 2.45) is 5.92 Å². The first-order chi connectivity index (χ1) is 13.4. The molecule has 0 aliphatic carbocycles. The van der Waals surface area contributed by atoms with E-state index in [1.54, 1.807) is 0 Å². The van der Waals surface area contributed by atoms with Gasteiger partial charge in [-0.05, 0) is 35.4 Å². The maximum atomic E-state index is 12.8. The number of rotatable bonds is 4. The van der Waals surface area contributed by atoms with Crippen molar-refractivity contribution < 1.29 is 9.59 Å². The van der Waals surface area contributed by atoms with E-state index in [1.807, 2.05) is 86.5 Å². The van der Waals surface area contributed by atoms with E-state index >= 15 is 0 Å². The molecule has 2 aliphatic rings. The molecule has 0 saturated carbocycles. The standard InChI is InChI=1S/C22H24N4O2/c1-25(2)15-9-5-13(6-10-15)19-17-18(22(28)23-19)20(24-21(17)27)14-7-11-16(12-8-14)26(3)4/h5-12,17,19H,1-4H3,(H,23,28)(H,24,27). The molecule has 0 radical (unpaired) electrons. The van der Waals surface area contributed by atoms with Gasteiger partial charge in [0.25, 0.3) is 5.91 Å². The Balaban J connectivity index is 1.69. The van der Waals surface area contributed by atoms with Gasteiger partial charge in [-0.2, -0.15) is 0 Å². The SMILES string of the molecule is CN(C)c1ccc(C2=C3C(=O)NC(c4ccc(N(C)C)cc4)C3C(=O)N2)cc1. The molecule has 144 valence electrons. The van der Waals surface area contributed by atoms with Crippen molar-refractivity contribution in [3.63, 3.8) is 0 Å². The topological polar surface area (TPSA) is 64.7 Å². The van der Waals surface area contributed by atoms with Gasteiger partial charge in [0.05, 0.1) is 23.2 Å². The van der Waals surface area contributed by atoms with E-state index in [-0.39, 0.29) is 17.9 Å². The van der Waals surface area contributed by atoms with Crippen LogP contribution in [0.4, 0.5) is 11.4 Å². The van der Waals surface area contributed by atoms with E-state index in [0.29, 0.717) is 11.3 Å². The second-order valence-corrected chi connectivity index (χ2v) is 7.63. The molecular weight excluding hydrogens is 352 g/mol. The first-order valence-corrected chi connectivity index (χ1v) is 9.28. The smallest absolute Gasteiger partial charge is 0.250 e. The van der Waals surface area contributed by atoms with Gasteiger partial charge in [0.15, 0.2) is 0 Å². The average molecular weight is 376 g/mol. The van der Waals surface area contributed by atoms with Crippen molar-refractivity contribution in [1.82, 2.24) is 10.6 Å². The number of carbonyl (C=O) groups is 2. The van der Waals surface area contributed by atoms with E-state index < -0.39 is 5.92 Å². The van der Waals surface area contributed by atoms with Crippen molar-refractivity contribution in [2.75, 3.05) is 38.0 Å². The summed E-state index contributed by atoms with van der Waals surface area (Å²) in [6.07, 6.45) is 0. The third-order valence-corrected chi connectivity index (χ3v) is 5.42. The van der Waals surface area contributed by atoms with E-state index in [9.17, 15) is 9.59 Å². The molecule has 2 aliphatic heterocycles. The summed E-state index contributed by atoms with van der Waals surface area (Å²) >= 11 is 0. The van der Waals surface area contributed by atoms with Crippen LogP contribution in [-0.4, -0.2) is 40.0 Å². The minimum absolute atomic E-state index is 0.137. The maximum Gasteiger partial charge on any atom is 0.250 e. The number of benzene rings is 2. The molecule has 6 nitrogen and oxygen atoms in total. The van der Waals surface area contributed by atoms with Crippen LogP contribution in [0, 0.1) is 5.92 Å². The normalized spacial score (nSPS) is 20.7. The largest absolute Gasteiger partial charge is 0.378 e. The van der Waals surface area contributed by atoms with Crippen LogP contribution in [0.5, 0.6) is 0 Å². The fraction of sp³-hybridized carbons (Fsp3) is 0.273. The van der Waals surface area contributed by atoms with E-state index in [4.69, 9.17) is 0 Å². The van der Waals surface area contributed by atoms with Crippen molar-refractivity contribution in [1.29, 1.82) is 0 Å². The zero-order valence-corrected chi connectivity index (χ0v) is 16.5. The van der Waals surface area contributed by atoms with Gasteiger partial charge in [-0.3, -0.25) is 9.59 Å². The van der Waals surface area contributed by atoms with Crippen LogP contribution in [0.1, 0.15) is 17.2 Å². The molecule has 2 amide bonds. The number of fused-ring (bicyclic) bond motifs is 1. The Morgan fingerprint density at radius 3 is 1.86 bits per heavy atom. The van der Waals surface area contributed by atoms with Crippen LogP contribution in [0.25, 0.3) is 5.70 Å². The lowest BCUT2D eigenvalue weighted by molar-refractivity contribution is -0.122. The Kier molecular flexibility index (Phi) is 4.34. The number of nitrogens with zero attached hydrogens (tertiary/aromatic N) is 2. The van der Waals surface area contributed by atoms with Crippen LogP contribution >= 0.6 is 0 Å². The molecule has 28 heavy (non-hydrogen) atoms. The Bertz CT molecular complexity index is 959. The summed E-state index contributed by atoms with van der Waals surface area (Å²) in [6.45, 7) is 0.